The van der Waals surface area contributed by atoms with Gasteiger partial charge in [-0.05, 0) is 37.3 Å². The van der Waals surface area contributed by atoms with Crippen LogP contribution in [0.25, 0.3) is 10.2 Å². The molecule has 3 heterocycles. The van der Waals surface area contributed by atoms with Crippen molar-refractivity contribution in [1.82, 2.24) is 14.3 Å². The van der Waals surface area contributed by atoms with Crippen LogP contribution >= 0.6 is 11.3 Å². The fraction of sp³-hybridized carbons (Fsp3) is 0.400. The molecule has 11 heteroatoms. The quantitative estimate of drug-likeness (QED) is 0.436. The zero-order chi connectivity index (χ0) is 21.6. The largest absolute Gasteiger partial charge is 0.353 e. The summed E-state index contributed by atoms with van der Waals surface area (Å²) in [6.07, 6.45) is 6.09. The first-order valence-electron chi connectivity index (χ1n) is 10.2. The van der Waals surface area contributed by atoms with E-state index in [0.717, 1.165) is 34.9 Å². The molecule has 5 rings (SSSR count). The molecule has 0 bridgehead atoms. The second-order valence-corrected chi connectivity index (χ2v) is 10.8. The predicted octanol–water partition coefficient (Wildman–Crippen LogP) is 2.99. The summed E-state index contributed by atoms with van der Waals surface area (Å²) >= 11 is 1.74. The lowest BCUT2D eigenvalue weighted by molar-refractivity contribution is -0.385. The van der Waals surface area contributed by atoms with Crippen LogP contribution in [0.2, 0.25) is 0 Å². The molecule has 31 heavy (non-hydrogen) atoms. The molecule has 0 N–H and O–H groups in total. The Hall–Kier alpha value is -2.63. The normalized spacial score (nSPS) is 17.6. The van der Waals surface area contributed by atoms with Crippen molar-refractivity contribution < 1.29 is 13.3 Å². The second-order valence-electron chi connectivity index (χ2n) is 7.73. The Morgan fingerprint density at radius 1 is 1.06 bits per heavy atom. The van der Waals surface area contributed by atoms with E-state index in [-0.39, 0.29) is 10.6 Å². The lowest BCUT2D eigenvalue weighted by Gasteiger charge is -2.35. The second kappa shape index (κ2) is 7.81. The number of hydrogen-bond donors (Lipinski definition) is 0. The van der Waals surface area contributed by atoms with Gasteiger partial charge in [-0.15, -0.1) is 11.3 Å². The molecule has 0 saturated carbocycles. The Labute approximate surface area is 183 Å². The van der Waals surface area contributed by atoms with Crippen LogP contribution in [0.3, 0.4) is 0 Å². The van der Waals surface area contributed by atoms with E-state index in [2.05, 4.69) is 14.9 Å². The number of nitro benzene ring substituents is 1. The molecule has 2 aromatic heterocycles. The van der Waals surface area contributed by atoms with Gasteiger partial charge < -0.3 is 4.90 Å². The third-order valence-electron chi connectivity index (χ3n) is 5.94. The summed E-state index contributed by atoms with van der Waals surface area (Å²) in [7, 11) is -3.80. The van der Waals surface area contributed by atoms with Crippen LogP contribution in [0.5, 0.6) is 0 Å². The van der Waals surface area contributed by atoms with Gasteiger partial charge in [0.15, 0.2) is 0 Å². The number of sulfonamides is 1. The number of hydrogen-bond acceptors (Lipinski definition) is 8. The molecule has 0 unspecified atom stereocenters. The van der Waals surface area contributed by atoms with Crippen molar-refractivity contribution in [2.24, 2.45) is 0 Å². The number of benzene rings is 1. The summed E-state index contributed by atoms with van der Waals surface area (Å²) in [5.41, 5.74) is 1.12. The molecule has 2 aliphatic rings. The number of aryl methyl sites for hydroxylation is 2. The van der Waals surface area contributed by atoms with Crippen molar-refractivity contribution in [2.45, 2.75) is 30.6 Å². The van der Waals surface area contributed by atoms with Gasteiger partial charge in [-0.2, -0.15) is 4.31 Å². The number of anilines is 1. The van der Waals surface area contributed by atoms with Crippen molar-refractivity contribution in [1.29, 1.82) is 0 Å². The zero-order valence-electron chi connectivity index (χ0n) is 16.7. The SMILES string of the molecule is O=[N+]([O-])c1cccc(S(=O)(=O)N2CCN(c3ncnc4sc5c(c34)CCCC5)CC2)c1. The highest BCUT2D eigenvalue weighted by Gasteiger charge is 2.31. The molecule has 1 saturated heterocycles. The highest BCUT2D eigenvalue weighted by molar-refractivity contribution is 7.89. The van der Waals surface area contributed by atoms with Crippen LogP contribution in [0.15, 0.2) is 35.5 Å². The van der Waals surface area contributed by atoms with Crippen LogP contribution < -0.4 is 4.90 Å². The summed E-state index contributed by atoms with van der Waals surface area (Å²) in [4.78, 5) is 24.0. The fourth-order valence-corrected chi connectivity index (χ4v) is 7.05. The third kappa shape index (κ3) is 3.56. The monoisotopic (exact) mass is 459 g/mol. The Bertz CT molecular complexity index is 1270. The first-order chi connectivity index (χ1) is 14.9. The molecule has 0 atom stereocenters. The Morgan fingerprint density at radius 2 is 1.84 bits per heavy atom. The van der Waals surface area contributed by atoms with Gasteiger partial charge in [0.25, 0.3) is 5.69 Å². The van der Waals surface area contributed by atoms with E-state index < -0.39 is 14.9 Å². The molecule has 9 nitrogen and oxygen atoms in total. The van der Waals surface area contributed by atoms with E-state index in [4.69, 9.17) is 0 Å². The molecule has 0 radical (unpaired) electrons. The summed E-state index contributed by atoms with van der Waals surface area (Å²) in [6, 6.07) is 5.21. The van der Waals surface area contributed by atoms with Gasteiger partial charge in [0.2, 0.25) is 10.0 Å². The van der Waals surface area contributed by atoms with Crippen LogP contribution in [0.1, 0.15) is 23.3 Å². The minimum absolute atomic E-state index is 0.0496. The van der Waals surface area contributed by atoms with E-state index in [1.165, 1.54) is 45.8 Å². The van der Waals surface area contributed by atoms with Gasteiger partial charge >= 0.3 is 0 Å². The smallest absolute Gasteiger partial charge is 0.270 e. The summed E-state index contributed by atoms with van der Waals surface area (Å²) in [5, 5.41) is 12.1. The number of nitro groups is 1. The number of thiophene rings is 1. The fourth-order valence-electron chi connectivity index (χ4n) is 4.36. The molecule has 1 fully saturated rings. The van der Waals surface area contributed by atoms with Crippen LogP contribution in [0.4, 0.5) is 11.5 Å². The van der Waals surface area contributed by atoms with Gasteiger partial charge in [0.1, 0.15) is 17.0 Å². The number of fused-ring (bicyclic) bond motifs is 3. The molecule has 0 spiro atoms. The van der Waals surface area contributed by atoms with E-state index in [0.29, 0.717) is 26.2 Å². The number of piperazine rings is 1. The van der Waals surface area contributed by atoms with Crippen LogP contribution in [-0.2, 0) is 22.9 Å². The van der Waals surface area contributed by atoms with Crippen molar-refractivity contribution in [2.75, 3.05) is 31.1 Å². The predicted molar refractivity (Wildman–Crippen MR) is 118 cm³/mol. The molecule has 1 aromatic carbocycles. The van der Waals surface area contributed by atoms with Gasteiger partial charge in [-0.3, -0.25) is 10.1 Å². The van der Waals surface area contributed by atoms with Crippen molar-refractivity contribution in [3.05, 3.63) is 51.1 Å². The van der Waals surface area contributed by atoms with Crippen molar-refractivity contribution >= 4 is 43.1 Å². The molecular formula is C20H21N5O4S2. The number of non-ortho nitro benzene ring substituents is 1. The highest BCUT2D eigenvalue weighted by atomic mass is 32.2. The maximum Gasteiger partial charge on any atom is 0.270 e. The molecule has 1 aliphatic carbocycles. The lowest BCUT2D eigenvalue weighted by atomic mass is 9.97. The van der Waals surface area contributed by atoms with E-state index in [1.54, 1.807) is 17.7 Å². The molecule has 162 valence electrons. The van der Waals surface area contributed by atoms with Crippen LogP contribution in [0, 0.1) is 10.1 Å². The molecular weight excluding hydrogens is 438 g/mol. The summed E-state index contributed by atoms with van der Waals surface area (Å²) in [5.74, 6) is 0.886. The molecule has 0 amide bonds. The zero-order valence-corrected chi connectivity index (χ0v) is 18.4. The first kappa shape index (κ1) is 20.3. The Kier molecular flexibility index (Phi) is 5.11. The van der Waals surface area contributed by atoms with E-state index in [9.17, 15) is 18.5 Å². The maximum atomic E-state index is 13.0. The summed E-state index contributed by atoms with van der Waals surface area (Å²) < 4.78 is 27.5. The maximum absolute atomic E-state index is 13.0. The van der Waals surface area contributed by atoms with E-state index >= 15 is 0 Å². The summed E-state index contributed by atoms with van der Waals surface area (Å²) in [6.45, 7) is 1.60. The van der Waals surface area contributed by atoms with Gasteiger partial charge in [-0.25, -0.2) is 18.4 Å². The van der Waals surface area contributed by atoms with Gasteiger partial charge in [-0.1, -0.05) is 6.07 Å². The first-order valence-corrected chi connectivity index (χ1v) is 12.5. The molecule has 3 aromatic rings. The number of rotatable bonds is 4. The minimum atomic E-state index is -3.80. The lowest BCUT2D eigenvalue weighted by Crippen LogP contribution is -2.49. The average Bonchev–Trinajstić information content (AvgIpc) is 3.18. The Morgan fingerprint density at radius 3 is 2.61 bits per heavy atom. The molecule has 1 aliphatic heterocycles. The minimum Gasteiger partial charge on any atom is -0.353 e. The van der Waals surface area contributed by atoms with E-state index in [1.807, 2.05) is 0 Å². The average molecular weight is 460 g/mol. The third-order valence-corrected chi connectivity index (χ3v) is 9.03. The Balaban J connectivity index is 1.39. The van der Waals surface area contributed by atoms with Crippen molar-refractivity contribution in [3.63, 3.8) is 0 Å². The number of aromatic nitrogens is 2. The standard InChI is InChI=1S/C20H21N5O4S2/c26-25(27)14-4-3-5-15(12-14)31(28,29)24-10-8-23(9-11-24)19-18-16-6-1-2-7-17(16)30-20(18)22-13-21-19/h3-5,12-13H,1-2,6-11H2. The number of nitrogens with zero attached hydrogens (tertiary/aromatic N) is 5. The van der Waals surface area contributed by atoms with Gasteiger partial charge in [0.05, 0.1) is 15.2 Å². The topological polar surface area (TPSA) is 110 Å². The van der Waals surface area contributed by atoms with Crippen LogP contribution in [-0.4, -0.2) is 53.8 Å². The highest BCUT2D eigenvalue weighted by Crippen LogP contribution is 2.39. The van der Waals surface area contributed by atoms with Crippen molar-refractivity contribution in [3.8, 4) is 0 Å². The van der Waals surface area contributed by atoms with Gasteiger partial charge in [0, 0.05) is 43.2 Å².